The normalized spacial score (nSPS) is 12.6. The zero-order chi connectivity index (χ0) is 11.5. The molecule has 1 aromatic heterocycles. The fourth-order valence-electron chi connectivity index (χ4n) is 1.67. The maximum Gasteiger partial charge on any atom is 0.320 e. The summed E-state index contributed by atoms with van der Waals surface area (Å²) in [6.07, 6.45) is 2.03. The van der Waals surface area contributed by atoms with E-state index in [9.17, 15) is 4.79 Å². The minimum absolute atomic E-state index is 0.318. The second-order valence-electron chi connectivity index (χ2n) is 3.64. The van der Waals surface area contributed by atoms with E-state index in [2.05, 4.69) is 4.98 Å². The molecule has 0 radical (unpaired) electrons. The highest BCUT2D eigenvalue weighted by atomic mass is 16.4. The van der Waals surface area contributed by atoms with Gasteiger partial charge < -0.3 is 10.8 Å². The predicted molar refractivity (Wildman–Crippen MR) is 61.1 cm³/mol. The Balaban J connectivity index is 2.41. The highest BCUT2D eigenvalue weighted by molar-refractivity contribution is 5.83. The van der Waals surface area contributed by atoms with Crippen LogP contribution < -0.4 is 5.73 Å². The van der Waals surface area contributed by atoms with Gasteiger partial charge in [-0.25, -0.2) is 0 Å². The van der Waals surface area contributed by atoms with E-state index in [1.807, 2.05) is 30.3 Å². The zero-order valence-electron chi connectivity index (χ0n) is 8.63. The number of pyridine rings is 1. The van der Waals surface area contributed by atoms with Crippen LogP contribution in [-0.4, -0.2) is 22.1 Å². The summed E-state index contributed by atoms with van der Waals surface area (Å²) in [5, 5.41) is 9.73. The molecule has 2 aromatic rings. The van der Waals surface area contributed by atoms with E-state index in [-0.39, 0.29) is 0 Å². The summed E-state index contributed by atoms with van der Waals surface area (Å²) < 4.78 is 0. The fraction of sp³-hybridized carbons (Fsp3) is 0.167. The summed E-state index contributed by atoms with van der Waals surface area (Å²) >= 11 is 0. The molecular formula is C12H12N2O2. The molecule has 0 fully saturated rings. The van der Waals surface area contributed by atoms with Gasteiger partial charge in [-0.3, -0.25) is 9.78 Å². The summed E-state index contributed by atoms with van der Waals surface area (Å²) in [7, 11) is 0. The average molecular weight is 216 g/mol. The molecule has 0 saturated heterocycles. The molecule has 4 nitrogen and oxygen atoms in total. The molecule has 1 aromatic carbocycles. The van der Waals surface area contributed by atoms with Gasteiger partial charge in [0.2, 0.25) is 0 Å². The van der Waals surface area contributed by atoms with Gasteiger partial charge in [-0.1, -0.05) is 18.2 Å². The number of carbonyl (C=O) groups is 1. The van der Waals surface area contributed by atoms with Crippen LogP contribution in [0.4, 0.5) is 0 Å². The molecule has 1 atom stereocenters. The SMILES string of the molecule is N[C@@H](Cc1cccc2ncccc12)C(=O)O. The van der Waals surface area contributed by atoms with Crippen LogP contribution in [0.2, 0.25) is 0 Å². The number of nitrogens with zero attached hydrogens (tertiary/aromatic N) is 1. The quantitative estimate of drug-likeness (QED) is 0.808. The lowest BCUT2D eigenvalue weighted by Crippen LogP contribution is -2.32. The third-order valence-corrected chi connectivity index (χ3v) is 2.49. The number of carboxylic acids is 1. The van der Waals surface area contributed by atoms with Crippen molar-refractivity contribution < 1.29 is 9.90 Å². The van der Waals surface area contributed by atoms with Crippen LogP contribution in [0.5, 0.6) is 0 Å². The second-order valence-corrected chi connectivity index (χ2v) is 3.64. The standard InChI is InChI=1S/C12H12N2O2/c13-10(12(15)16)7-8-3-1-5-11-9(8)4-2-6-14-11/h1-6,10H,7,13H2,(H,15,16)/t10-/m0/s1. The number of carboxylic acid groups (broad SMARTS) is 1. The first-order valence-corrected chi connectivity index (χ1v) is 4.99. The van der Waals surface area contributed by atoms with Crippen LogP contribution in [0.1, 0.15) is 5.56 Å². The van der Waals surface area contributed by atoms with Gasteiger partial charge in [0.25, 0.3) is 0 Å². The smallest absolute Gasteiger partial charge is 0.320 e. The molecule has 0 amide bonds. The van der Waals surface area contributed by atoms with Gasteiger partial charge in [0.1, 0.15) is 6.04 Å². The van der Waals surface area contributed by atoms with Crippen LogP contribution >= 0.6 is 0 Å². The summed E-state index contributed by atoms with van der Waals surface area (Å²) in [4.78, 5) is 14.9. The van der Waals surface area contributed by atoms with Gasteiger partial charge >= 0.3 is 5.97 Å². The van der Waals surface area contributed by atoms with Crippen LogP contribution in [-0.2, 0) is 11.2 Å². The van der Waals surface area contributed by atoms with Crippen LogP contribution in [0, 0.1) is 0 Å². The molecule has 4 heteroatoms. The fourth-order valence-corrected chi connectivity index (χ4v) is 1.67. The van der Waals surface area contributed by atoms with Crippen molar-refractivity contribution in [2.24, 2.45) is 5.73 Å². The van der Waals surface area contributed by atoms with Crippen LogP contribution in [0.15, 0.2) is 36.5 Å². The second kappa shape index (κ2) is 4.28. The monoisotopic (exact) mass is 216 g/mol. The van der Waals surface area contributed by atoms with E-state index in [1.54, 1.807) is 6.20 Å². The molecule has 1 heterocycles. The topological polar surface area (TPSA) is 76.2 Å². The van der Waals surface area contributed by atoms with E-state index in [4.69, 9.17) is 10.8 Å². The summed E-state index contributed by atoms with van der Waals surface area (Å²) in [6.45, 7) is 0. The van der Waals surface area contributed by atoms with Crippen molar-refractivity contribution in [3.05, 3.63) is 42.1 Å². The molecule has 0 spiro atoms. The van der Waals surface area contributed by atoms with Gasteiger partial charge in [0, 0.05) is 11.6 Å². The highest BCUT2D eigenvalue weighted by Gasteiger charge is 2.13. The van der Waals surface area contributed by atoms with Crippen molar-refractivity contribution in [1.29, 1.82) is 0 Å². The lowest BCUT2D eigenvalue weighted by Gasteiger charge is -2.08. The zero-order valence-corrected chi connectivity index (χ0v) is 8.63. The molecule has 3 N–H and O–H groups in total. The number of aromatic nitrogens is 1. The minimum atomic E-state index is -0.985. The Kier molecular flexibility index (Phi) is 2.83. The van der Waals surface area contributed by atoms with Crippen molar-refractivity contribution >= 4 is 16.9 Å². The number of benzene rings is 1. The van der Waals surface area contributed by atoms with Crippen molar-refractivity contribution in [1.82, 2.24) is 4.98 Å². The minimum Gasteiger partial charge on any atom is -0.480 e. The molecule has 0 aliphatic heterocycles. The molecule has 0 aliphatic rings. The average Bonchev–Trinajstić information content (AvgIpc) is 2.29. The Hall–Kier alpha value is -1.94. The maximum absolute atomic E-state index is 10.7. The number of rotatable bonds is 3. The summed E-state index contributed by atoms with van der Waals surface area (Å²) in [5.41, 5.74) is 7.30. The first-order chi connectivity index (χ1) is 7.68. The highest BCUT2D eigenvalue weighted by Crippen LogP contribution is 2.17. The van der Waals surface area contributed by atoms with Gasteiger partial charge in [0.05, 0.1) is 5.52 Å². The first kappa shape index (κ1) is 10.6. The first-order valence-electron chi connectivity index (χ1n) is 4.99. The Labute approximate surface area is 92.7 Å². The lowest BCUT2D eigenvalue weighted by molar-refractivity contribution is -0.138. The van der Waals surface area contributed by atoms with E-state index >= 15 is 0 Å². The summed E-state index contributed by atoms with van der Waals surface area (Å²) in [5.74, 6) is -0.985. The Morgan fingerprint density at radius 3 is 2.94 bits per heavy atom. The molecule has 16 heavy (non-hydrogen) atoms. The van der Waals surface area contributed by atoms with Crippen molar-refractivity contribution in [2.75, 3.05) is 0 Å². The van der Waals surface area contributed by atoms with Crippen LogP contribution in [0.3, 0.4) is 0 Å². The number of nitrogens with two attached hydrogens (primary N) is 1. The molecule has 82 valence electrons. The molecule has 0 aliphatic carbocycles. The Bertz CT molecular complexity index is 520. The number of hydrogen-bond acceptors (Lipinski definition) is 3. The van der Waals surface area contributed by atoms with E-state index in [0.29, 0.717) is 6.42 Å². The van der Waals surface area contributed by atoms with Crippen molar-refractivity contribution in [3.8, 4) is 0 Å². The number of aliphatic carboxylic acids is 1. The molecular weight excluding hydrogens is 204 g/mol. The lowest BCUT2D eigenvalue weighted by atomic mass is 10.0. The van der Waals surface area contributed by atoms with Gasteiger partial charge in [-0.05, 0) is 24.1 Å². The third kappa shape index (κ3) is 2.01. The number of fused-ring (bicyclic) bond motifs is 1. The van der Waals surface area contributed by atoms with Crippen molar-refractivity contribution in [2.45, 2.75) is 12.5 Å². The molecule has 0 saturated carbocycles. The van der Waals surface area contributed by atoms with E-state index in [0.717, 1.165) is 16.5 Å². The molecule has 2 rings (SSSR count). The van der Waals surface area contributed by atoms with E-state index in [1.165, 1.54) is 0 Å². The third-order valence-electron chi connectivity index (χ3n) is 2.49. The maximum atomic E-state index is 10.7. The van der Waals surface area contributed by atoms with Gasteiger partial charge in [-0.15, -0.1) is 0 Å². The van der Waals surface area contributed by atoms with E-state index < -0.39 is 12.0 Å². The largest absolute Gasteiger partial charge is 0.480 e. The van der Waals surface area contributed by atoms with Gasteiger partial charge in [-0.2, -0.15) is 0 Å². The molecule has 0 unspecified atom stereocenters. The number of hydrogen-bond donors (Lipinski definition) is 2. The Morgan fingerprint density at radius 1 is 1.38 bits per heavy atom. The van der Waals surface area contributed by atoms with Crippen LogP contribution in [0.25, 0.3) is 10.9 Å². The van der Waals surface area contributed by atoms with Gasteiger partial charge in [0.15, 0.2) is 0 Å². The molecule has 0 bridgehead atoms. The van der Waals surface area contributed by atoms with Crippen molar-refractivity contribution in [3.63, 3.8) is 0 Å². The summed E-state index contributed by atoms with van der Waals surface area (Å²) in [6, 6.07) is 8.52. The predicted octanol–water partition coefficient (Wildman–Crippen LogP) is 1.19. The Morgan fingerprint density at radius 2 is 2.19 bits per heavy atom.